The summed E-state index contributed by atoms with van der Waals surface area (Å²) in [6.45, 7) is 30.6. The minimum atomic E-state index is -4.28. The number of hydrogen-bond acceptors (Lipinski definition) is 17. The van der Waals surface area contributed by atoms with Crippen molar-refractivity contribution in [2.45, 2.75) is 241 Å². The number of morpholine rings is 1. The van der Waals surface area contributed by atoms with E-state index in [1.807, 2.05) is 46.4 Å². The summed E-state index contributed by atoms with van der Waals surface area (Å²) in [5, 5.41) is 34.6. The van der Waals surface area contributed by atoms with Crippen LogP contribution in [0.25, 0.3) is 0 Å². The Morgan fingerprint density at radius 3 is 1.46 bits per heavy atom. The maximum atomic E-state index is 15.5. The van der Waals surface area contributed by atoms with Crippen molar-refractivity contribution in [3.05, 3.63) is 12.2 Å². The van der Waals surface area contributed by atoms with E-state index in [9.17, 15) is 37.8 Å². The van der Waals surface area contributed by atoms with Crippen LogP contribution in [0.5, 0.6) is 0 Å². The number of carbonyl (C=O) groups is 11. The Bertz CT molecular complexity index is 2880. The highest BCUT2D eigenvalue weighted by molar-refractivity contribution is 7.91. The van der Waals surface area contributed by atoms with E-state index in [1.54, 1.807) is 60.6 Å². The molecule has 0 saturated carbocycles. The molecule has 11 amide bonds. The molecule has 6 N–H and O–H groups in total. The molecule has 0 radical (unpaired) electrons. The van der Waals surface area contributed by atoms with Gasteiger partial charge in [-0.05, 0) is 115 Å². The van der Waals surface area contributed by atoms with Crippen LogP contribution in [0.15, 0.2) is 12.2 Å². The van der Waals surface area contributed by atoms with Gasteiger partial charge in [0.05, 0.1) is 36.4 Å². The number of ether oxygens (including phenoxy) is 1. The first kappa shape index (κ1) is 88.8. The molecule has 2 aliphatic rings. The van der Waals surface area contributed by atoms with Crippen molar-refractivity contribution in [2.24, 2.45) is 35.5 Å². The van der Waals surface area contributed by atoms with E-state index in [2.05, 4.69) is 21.3 Å². The fourth-order valence-electron chi connectivity index (χ4n) is 12.6. The van der Waals surface area contributed by atoms with E-state index >= 15 is 33.6 Å². The third kappa shape index (κ3) is 25.9. The molecular formula is C70H126N12O16S. The molecule has 0 aromatic heterocycles. The van der Waals surface area contributed by atoms with E-state index in [0.29, 0.717) is 32.8 Å². The Kier molecular flexibility index (Phi) is 35.7. The molecule has 28 nitrogen and oxygen atoms in total. The van der Waals surface area contributed by atoms with Crippen LogP contribution >= 0.6 is 0 Å². The highest BCUT2D eigenvalue weighted by Crippen LogP contribution is 2.27. The van der Waals surface area contributed by atoms with Crippen LogP contribution in [-0.2, 0) is 67.3 Å². The van der Waals surface area contributed by atoms with Gasteiger partial charge in [0.25, 0.3) is 0 Å². The van der Waals surface area contributed by atoms with Crippen LogP contribution in [0.4, 0.5) is 0 Å². The van der Waals surface area contributed by atoms with Gasteiger partial charge >= 0.3 is 0 Å². The van der Waals surface area contributed by atoms with Gasteiger partial charge in [0.15, 0.2) is 9.84 Å². The summed E-state index contributed by atoms with van der Waals surface area (Å²) in [6, 6.07) is -15.9. The molecule has 0 aliphatic carbocycles. The number of amides is 11. The minimum absolute atomic E-state index is 0.0669. The molecule has 2 heterocycles. The summed E-state index contributed by atoms with van der Waals surface area (Å²) in [7, 11) is 5.00. The number of likely N-dealkylation sites (N-methyl/N-ethyl adjacent to an activating group) is 7. The van der Waals surface area contributed by atoms with Gasteiger partial charge in [0.1, 0.15) is 66.5 Å². The van der Waals surface area contributed by atoms with Gasteiger partial charge < -0.3 is 70.5 Å². The first-order chi connectivity index (χ1) is 45.7. The lowest BCUT2D eigenvalue weighted by molar-refractivity contribution is -0.157. The predicted octanol–water partition coefficient (Wildman–Crippen LogP) is 1.89. The van der Waals surface area contributed by atoms with Crippen LogP contribution in [-0.4, -0.2) is 295 Å². The summed E-state index contributed by atoms with van der Waals surface area (Å²) < 4.78 is 34.4. The van der Waals surface area contributed by atoms with Crippen LogP contribution in [0.2, 0.25) is 0 Å². The van der Waals surface area contributed by atoms with Crippen molar-refractivity contribution in [2.75, 3.05) is 93.7 Å². The van der Waals surface area contributed by atoms with Gasteiger partial charge in [-0.1, -0.05) is 95.2 Å². The average Bonchev–Trinajstić information content (AvgIpc) is 0.806. The molecular weight excluding hydrogens is 1300 g/mol. The molecule has 0 unspecified atom stereocenters. The number of aliphatic hydroxyl groups is 2. The smallest absolute Gasteiger partial charge is 0.246 e. The number of carbonyl (C=O) groups excluding carboxylic acids is 11. The lowest BCUT2D eigenvalue weighted by Crippen LogP contribution is -2.64. The van der Waals surface area contributed by atoms with Gasteiger partial charge in [-0.3, -0.25) is 57.6 Å². The third-order valence-corrected chi connectivity index (χ3v) is 20.6. The topological polar surface area (TPSA) is 346 Å². The van der Waals surface area contributed by atoms with Gasteiger partial charge in [0, 0.05) is 68.8 Å². The van der Waals surface area contributed by atoms with Crippen molar-refractivity contribution >= 4 is 74.8 Å². The first-order valence-electron chi connectivity index (χ1n) is 35.3. The highest BCUT2D eigenvalue weighted by Gasteiger charge is 2.47. The molecule has 2 saturated heterocycles. The van der Waals surface area contributed by atoms with E-state index in [-0.39, 0.29) is 56.3 Å². The van der Waals surface area contributed by atoms with Crippen LogP contribution < -0.4 is 21.3 Å². The quantitative estimate of drug-likeness (QED) is 0.0894. The van der Waals surface area contributed by atoms with Gasteiger partial charge in [0.2, 0.25) is 65.0 Å². The largest absolute Gasteiger partial charge is 0.390 e. The van der Waals surface area contributed by atoms with E-state index in [0.717, 1.165) is 19.6 Å². The second-order valence-corrected chi connectivity index (χ2v) is 32.3. The van der Waals surface area contributed by atoms with Gasteiger partial charge in [-0.2, -0.15) is 0 Å². The molecule has 0 aromatic rings. The molecule has 2 fully saturated rings. The van der Waals surface area contributed by atoms with Crippen molar-refractivity contribution in [1.29, 1.82) is 0 Å². The van der Waals surface area contributed by atoms with Crippen LogP contribution in [0, 0.1) is 35.5 Å². The number of nitrogens with zero attached hydrogens (tertiary/aromatic N) is 8. The Balaban J connectivity index is 3.18. The molecule has 99 heavy (non-hydrogen) atoms. The first-order valence-corrected chi connectivity index (χ1v) is 37.1. The number of rotatable bonds is 21. The summed E-state index contributed by atoms with van der Waals surface area (Å²) in [5.74, 6) is -13.2. The zero-order chi connectivity index (χ0) is 76.2. The molecule has 0 bridgehead atoms. The lowest BCUT2D eigenvalue weighted by Gasteiger charge is -2.41. The Labute approximate surface area is 591 Å². The fourth-order valence-corrected chi connectivity index (χ4v) is 14.2. The van der Waals surface area contributed by atoms with Gasteiger partial charge in [-0.15, -0.1) is 0 Å². The SMILES string of the molecule is CC=CC[C@@H](C)[C@@H](O)[C@H]1C(=O)N[C@@H](CC)C(=O)N(C)[C@H](CS(=O)(=O)CCCN2CCOCC2)C(=O)N(C)[C@@H](CC(C)(C)O)C(=O)N[C@@H](C(C)C)C(=O)N(C)[C@@H](CC(C)C)C(=O)N[C@@H](C)C(=O)N[C@H](C)C(=O)N(C)[C@@H](CC(C)C)C(=O)N(C)[C@@H](CC(C)C)C(=O)N(C)[C@@H](C(C)C)C(=O)N1C. The normalized spacial score (nSPS) is 27.0. The zero-order valence-electron chi connectivity index (χ0n) is 64.0. The van der Waals surface area contributed by atoms with Crippen molar-refractivity contribution in [1.82, 2.24) is 60.5 Å². The van der Waals surface area contributed by atoms with Crippen LogP contribution in [0.1, 0.15) is 163 Å². The van der Waals surface area contributed by atoms with E-state index in [4.69, 9.17) is 4.74 Å². The molecule has 0 aromatic carbocycles. The number of sulfone groups is 1. The van der Waals surface area contributed by atoms with Crippen molar-refractivity contribution < 1.29 is 76.1 Å². The second-order valence-electron chi connectivity index (χ2n) is 30.1. The molecule has 2 aliphatic heterocycles. The average molecular weight is 1420 g/mol. The molecule has 29 heteroatoms. The number of hydrogen-bond donors (Lipinski definition) is 6. The van der Waals surface area contributed by atoms with E-state index in [1.165, 1.54) is 91.7 Å². The van der Waals surface area contributed by atoms with Crippen molar-refractivity contribution in [3.63, 3.8) is 0 Å². The number of allylic oxidation sites excluding steroid dienone is 2. The number of nitrogens with one attached hydrogen (secondary N) is 4. The summed E-state index contributed by atoms with van der Waals surface area (Å²) in [6.07, 6.45) is 1.85. The predicted molar refractivity (Wildman–Crippen MR) is 379 cm³/mol. The Morgan fingerprint density at radius 1 is 0.535 bits per heavy atom. The Hall–Kier alpha value is -6.30. The maximum absolute atomic E-state index is 15.5. The standard InChI is InChI=1S/C70H126N12O16S/c1-25-27-29-46(13)58(83)57-62(87)73-49(26-2)64(89)79(22)54(40-99(96,97)35-28-30-82-31-33-98-34-32-82)67(92)78(21)53(39-70(16,17)95)61(86)74-55(44(9)10)68(93)75(18)50(36-41(3)4)60(85)71-47(14)59(84)72-48(15)63(88)76(19)51(37-42(5)6)65(90)77(20)52(38-43(7)8)66(91)80(23)56(45(11)12)69(94)81(57)24/h25,27,41-58,83,95H,26,28-40H2,1-24H3,(H,71,85)(H,72,84)(H,73,87)(H,74,86)/t46-,47+,48-,49+,50+,51+,52+,53+,54-,55+,56+,57+,58-/m1/s1. The Morgan fingerprint density at radius 2 is 0.980 bits per heavy atom. The summed E-state index contributed by atoms with van der Waals surface area (Å²) in [5.41, 5.74) is -1.72. The van der Waals surface area contributed by atoms with Crippen molar-refractivity contribution in [3.8, 4) is 0 Å². The van der Waals surface area contributed by atoms with Crippen LogP contribution in [0.3, 0.4) is 0 Å². The monoisotopic (exact) mass is 1420 g/mol. The molecule has 2 rings (SSSR count). The second kappa shape index (κ2) is 39.8. The van der Waals surface area contributed by atoms with E-state index < -0.39 is 189 Å². The zero-order valence-corrected chi connectivity index (χ0v) is 64.9. The molecule has 568 valence electrons. The third-order valence-electron chi connectivity index (χ3n) is 18.8. The number of aliphatic hydroxyl groups excluding tert-OH is 1. The minimum Gasteiger partial charge on any atom is -0.390 e. The maximum Gasteiger partial charge on any atom is 0.246 e. The lowest BCUT2D eigenvalue weighted by atomic mass is 9.91. The fraction of sp³-hybridized carbons (Fsp3) is 0.814. The molecule has 13 atom stereocenters. The van der Waals surface area contributed by atoms with Gasteiger partial charge in [-0.25, -0.2) is 8.42 Å². The summed E-state index contributed by atoms with van der Waals surface area (Å²) in [4.78, 5) is 174. The molecule has 0 spiro atoms. The summed E-state index contributed by atoms with van der Waals surface area (Å²) >= 11 is 0. The highest BCUT2D eigenvalue weighted by atomic mass is 32.2.